The number of aromatic amines is 1. The summed E-state index contributed by atoms with van der Waals surface area (Å²) < 4.78 is 7.17. The topological polar surface area (TPSA) is 140 Å². The van der Waals surface area contributed by atoms with Gasteiger partial charge < -0.3 is 4.42 Å². The van der Waals surface area contributed by atoms with E-state index in [1.807, 2.05) is 36.4 Å². The fraction of sp³-hybridized carbons (Fsp3) is 0. The fourth-order valence-electron chi connectivity index (χ4n) is 3.36. The van der Waals surface area contributed by atoms with Crippen LogP contribution in [0.2, 0.25) is 0 Å². The maximum absolute atomic E-state index is 11.1. The SMILES string of the molecule is O=[N+]([O-])c1ccc(-c2cc(=C3N=c4ccccc4=N3)[nH]n3c(-c4ccncc4)nnc3s2)o1. The lowest BCUT2D eigenvalue weighted by atomic mass is 10.2. The number of pyridine rings is 1. The molecule has 1 aromatic carbocycles. The van der Waals surface area contributed by atoms with E-state index in [4.69, 9.17) is 4.42 Å². The molecular formula is C21H12N8O3S. The summed E-state index contributed by atoms with van der Waals surface area (Å²) in [5.74, 6) is 0.995. The molecule has 0 amide bonds. The van der Waals surface area contributed by atoms with Gasteiger partial charge in [-0.05, 0) is 36.4 Å². The Balaban J connectivity index is 1.69. The fourth-order valence-corrected chi connectivity index (χ4v) is 4.25. The summed E-state index contributed by atoms with van der Waals surface area (Å²) >= 11 is 1.26. The Morgan fingerprint density at radius 2 is 1.76 bits per heavy atom. The molecule has 6 rings (SSSR count). The Labute approximate surface area is 187 Å². The van der Waals surface area contributed by atoms with Crippen molar-refractivity contribution in [1.82, 2.24) is 24.8 Å². The van der Waals surface area contributed by atoms with Gasteiger partial charge in [0.1, 0.15) is 10.3 Å². The monoisotopic (exact) mass is 456 g/mol. The highest BCUT2D eigenvalue weighted by atomic mass is 32.1. The number of hydrogen-bond donors (Lipinski definition) is 1. The smallest absolute Gasteiger partial charge is 0.400 e. The molecule has 0 spiro atoms. The first-order valence-corrected chi connectivity index (χ1v) is 10.5. The summed E-state index contributed by atoms with van der Waals surface area (Å²) in [6, 6.07) is 15.8. The number of furan rings is 1. The van der Waals surface area contributed by atoms with E-state index in [9.17, 15) is 10.1 Å². The molecule has 0 bridgehead atoms. The Hall–Kier alpha value is -4.71. The van der Waals surface area contributed by atoms with Crippen LogP contribution in [0.1, 0.15) is 0 Å². The first kappa shape index (κ1) is 19.0. The molecular weight excluding hydrogens is 444 g/mol. The Morgan fingerprint density at radius 3 is 2.45 bits per heavy atom. The molecule has 5 heterocycles. The van der Waals surface area contributed by atoms with E-state index in [1.165, 1.54) is 17.4 Å². The maximum atomic E-state index is 11.1. The van der Waals surface area contributed by atoms with Gasteiger partial charge >= 0.3 is 5.88 Å². The van der Waals surface area contributed by atoms with Crippen LogP contribution in [-0.2, 0) is 0 Å². The summed E-state index contributed by atoms with van der Waals surface area (Å²) in [6.45, 7) is 0. The standard InChI is InChI=1S/C21H12N8O3S/c30-29(31)18-6-5-16(32-18)17-11-15(19-23-13-3-1-2-4-14(13)24-19)27-28-20(25-26-21(28)33-17)12-7-9-22-10-8-12/h1-11,27H. The van der Waals surface area contributed by atoms with Crippen molar-refractivity contribution in [2.75, 3.05) is 0 Å². The maximum Gasteiger partial charge on any atom is 0.433 e. The number of nitro groups is 1. The highest BCUT2D eigenvalue weighted by Gasteiger charge is 2.16. The second-order valence-electron chi connectivity index (χ2n) is 6.94. The summed E-state index contributed by atoms with van der Waals surface area (Å²) in [7, 11) is 0. The van der Waals surface area contributed by atoms with Crippen LogP contribution < -0.4 is 16.1 Å². The van der Waals surface area contributed by atoms with Crippen molar-refractivity contribution >= 4 is 28.0 Å². The average molecular weight is 456 g/mol. The lowest BCUT2D eigenvalue weighted by molar-refractivity contribution is -0.401. The van der Waals surface area contributed by atoms with Crippen LogP contribution in [0.3, 0.4) is 0 Å². The van der Waals surface area contributed by atoms with Crippen LogP contribution in [0, 0.1) is 10.1 Å². The third kappa shape index (κ3) is 3.34. The van der Waals surface area contributed by atoms with Crippen LogP contribution in [0.4, 0.5) is 5.88 Å². The molecule has 0 unspecified atom stereocenters. The molecule has 0 saturated heterocycles. The van der Waals surface area contributed by atoms with Crippen molar-refractivity contribution in [3.05, 3.63) is 93.2 Å². The van der Waals surface area contributed by atoms with Gasteiger partial charge in [-0.3, -0.25) is 20.2 Å². The van der Waals surface area contributed by atoms with Crippen LogP contribution in [0.15, 0.2) is 81.4 Å². The predicted octanol–water partition coefficient (Wildman–Crippen LogP) is 2.21. The molecule has 0 fully saturated rings. The Bertz CT molecular complexity index is 1730. The molecule has 160 valence electrons. The molecule has 0 atom stereocenters. The first-order valence-electron chi connectivity index (χ1n) is 9.69. The highest BCUT2D eigenvalue weighted by Crippen LogP contribution is 2.29. The normalized spacial score (nSPS) is 12.3. The molecule has 0 saturated carbocycles. The molecule has 5 aromatic rings. The highest BCUT2D eigenvalue weighted by molar-refractivity contribution is 7.19. The second-order valence-corrected chi connectivity index (χ2v) is 7.95. The minimum absolute atomic E-state index is 0.323. The number of H-pyrrole nitrogens is 1. The molecule has 4 aromatic heterocycles. The van der Waals surface area contributed by atoms with Crippen molar-refractivity contribution in [3.8, 4) is 22.0 Å². The third-order valence-electron chi connectivity index (χ3n) is 4.87. The van der Waals surface area contributed by atoms with Gasteiger partial charge in [0.05, 0.1) is 21.7 Å². The number of benzene rings is 1. The number of para-hydroxylation sites is 2. The number of hydrogen-bond acceptors (Lipinski definition) is 9. The zero-order chi connectivity index (χ0) is 22.4. The number of nitrogens with zero attached hydrogens (tertiary/aromatic N) is 7. The predicted molar refractivity (Wildman–Crippen MR) is 118 cm³/mol. The van der Waals surface area contributed by atoms with Gasteiger partial charge in [-0.2, -0.15) is 0 Å². The van der Waals surface area contributed by atoms with E-state index in [0.717, 1.165) is 16.3 Å². The quantitative estimate of drug-likeness (QED) is 0.326. The van der Waals surface area contributed by atoms with Crippen LogP contribution >= 0.6 is 11.3 Å². The molecule has 0 aliphatic carbocycles. The number of nitrogens with one attached hydrogen (secondary N) is 1. The van der Waals surface area contributed by atoms with Crippen LogP contribution in [0.25, 0.3) is 32.8 Å². The second kappa shape index (κ2) is 7.46. The van der Waals surface area contributed by atoms with Crippen LogP contribution in [0.5, 0.6) is 0 Å². The van der Waals surface area contributed by atoms with E-state index in [0.29, 0.717) is 32.6 Å². The summed E-state index contributed by atoms with van der Waals surface area (Å²) in [6.07, 6.45) is 3.34. The van der Waals surface area contributed by atoms with Gasteiger partial charge in [-0.15, -0.1) is 10.2 Å². The summed E-state index contributed by atoms with van der Waals surface area (Å²) in [5, 5.41) is 25.1. The lowest BCUT2D eigenvalue weighted by Gasteiger charge is -1.97. The molecule has 1 aliphatic rings. The zero-order valence-corrected chi connectivity index (χ0v) is 17.4. The van der Waals surface area contributed by atoms with Crippen LogP contribution in [-0.4, -0.2) is 29.7 Å². The number of fused-ring (bicyclic) bond motifs is 2. The van der Waals surface area contributed by atoms with Crippen molar-refractivity contribution in [1.29, 1.82) is 0 Å². The van der Waals surface area contributed by atoms with Gasteiger partial charge in [-0.25, -0.2) is 14.5 Å². The van der Waals surface area contributed by atoms with E-state index in [-0.39, 0.29) is 5.88 Å². The largest absolute Gasteiger partial charge is 0.433 e. The Morgan fingerprint density at radius 1 is 1.00 bits per heavy atom. The third-order valence-corrected chi connectivity index (χ3v) is 5.86. The minimum atomic E-state index is -0.578. The molecule has 1 N–H and O–H groups in total. The van der Waals surface area contributed by atoms with Gasteiger partial charge in [0.2, 0.25) is 4.96 Å². The molecule has 11 nitrogen and oxygen atoms in total. The van der Waals surface area contributed by atoms with E-state index in [2.05, 4.69) is 30.3 Å². The average Bonchev–Trinajstić information content (AvgIpc) is 3.55. The van der Waals surface area contributed by atoms with Gasteiger partial charge in [0.15, 0.2) is 17.4 Å². The molecule has 33 heavy (non-hydrogen) atoms. The van der Waals surface area contributed by atoms with E-state index in [1.54, 1.807) is 29.0 Å². The minimum Gasteiger partial charge on any atom is -0.400 e. The zero-order valence-electron chi connectivity index (χ0n) is 16.6. The first-order chi connectivity index (χ1) is 16.2. The van der Waals surface area contributed by atoms with Gasteiger partial charge in [-0.1, -0.05) is 23.5 Å². The number of aromatic nitrogens is 5. The molecule has 12 heteroatoms. The van der Waals surface area contributed by atoms with Gasteiger partial charge in [0, 0.05) is 18.0 Å². The summed E-state index contributed by atoms with van der Waals surface area (Å²) in [5.41, 5.74) is 0.807. The Kier molecular flexibility index (Phi) is 4.30. The van der Waals surface area contributed by atoms with Crippen molar-refractivity contribution in [2.24, 2.45) is 9.98 Å². The van der Waals surface area contributed by atoms with Crippen molar-refractivity contribution in [3.63, 3.8) is 0 Å². The molecule has 1 aliphatic heterocycles. The van der Waals surface area contributed by atoms with E-state index < -0.39 is 4.92 Å². The van der Waals surface area contributed by atoms with Gasteiger partial charge in [0.25, 0.3) is 0 Å². The van der Waals surface area contributed by atoms with Crippen molar-refractivity contribution in [2.45, 2.75) is 0 Å². The molecule has 0 radical (unpaired) electrons. The number of rotatable bonds is 3. The van der Waals surface area contributed by atoms with E-state index >= 15 is 0 Å². The van der Waals surface area contributed by atoms with Crippen molar-refractivity contribution < 1.29 is 9.34 Å². The summed E-state index contributed by atoms with van der Waals surface area (Å²) in [4.78, 5) is 25.0. The lowest BCUT2D eigenvalue weighted by Crippen LogP contribution is -2.19.